The Morgan fingerprint density at radius 2 is 1.85 bits per heavy atom. The molecule has 1 aliphatic carbocycles. The van der Waals surface area contributed by atoms with Gasteiger partial charge in [0.1, 0.15) is 0 Å². The Balaban J connectivity index is 1.74. The van der Waals surface area contributed by atoms with Crippen molar-refractivity contribution >= 4 is 10.9 Å². The fraction of sp³-hybridized carbons (Fsp3) is 0.556. The largest absolute Gasteiger partial charge is 0.346 e. The third-order valence-corrected chi connectivity index (χ3v) is 5.08. The summed E-state index contributed by atoms with van der Waals surface area (Å²) < 4.78 is 2.35. The number of fused-ring (bicyclic) bond motifs is 1. The van der Waals surface area contributed by atoms with Crippen molar-refractivity contribution in [3.8, 4) is 0 Å². The van der Waals surface area contributed by atoms with Crippen molar-refractivity contribution in [3.63, 3.8) is 0 Å². The van der Waals surface area contributed by atoms with Gasteiger partial charge in [-0.2, -0.15) is 0 Å². The highest BCUT2D eigenvalue weighted by molar-refractivity contribution is 5.85. The molecule has 1 aliphatic rings. The molecule has 3 rings (SSSR count). The fourth-order valence-corrected chi connectivity index (χ4v) is 3.59. The van der Waals surface area contributed by atoms with Crippen LogP contribution in [0, 0.1) is 12.8 Å². The van der Waals surface area contributed by atoms with Gasteiger partial charge in [-0.15, -0.1) is 0 Å². The van der Waals surface area contributed by atoms with Crippen molar-refractivity contribution in [1.82, 2.24) is 9.88 Å². The average molecular weight is 270 g/mol. The number of nitrogens with zero attached hydrogens (tertiary/aromatic N) is 1. The Labute approximate surface area is 122 Å². The molecule has 0 unspecified atom stereocenters. The zero-order valence-corrected chi connectivity index (χ0v) is 12.9. The lowest BCUT2D eigenvalue weighted by atomic mass is 9.87. The van der Waals surface area contributed by atoms with Gasteiger partial charge in [-0.3, -0.25) is 0 Å². The molecule has 0 saturated heterocycles. The maximum atomic E-state index is 3.78. The van der Waals surface area contributed by atoms with Crippen LogP contribution in [-0.2, 0) is 13.6 Å². The summed E-state index contributed by atoms with van der Waals surface area (Å²) in [6.07, 6.45) is 5.44. The molecule has 1 heterocycles. The molecule has 1 aromatic carbocycles. The van der Waals surface area contributed by atoms with Gasteiger partial charge >= 0.3 is 0 Å². The van der Waals surface area contributed by atoms with Gasteiger partial charge in [0, 0.05) is 36.2 Å². The van der Waals surface area contributed by atoms with Crippen LogP contribution in [0.5, 0.6) is 0 Å². The van der Waals surface area contributed by atoms with E-state index in [1.807, 2.05) is 0 Å². The van der Waals surface area contributed by atoms with Gasteiger partial charge in [0.2, 0.25) is 0 Å². The third-order valence-electron chi connectivity index (χ3n) is 5.08. The molecule has 1 N–H and O–H groups in total. The number of hydrogen-bond acceptors (Lipinski definition) is 1. The molecule has 0 bridgehead atoms. The Morgan fingerprint density at radius 1 is 1.15 bits per heavy atom. The average Bonchev–Trinajstić information content (AvgIpc) is 2.71. The van der Waals surface area contributed by atoms with E-state index in [4.69, 9.17) is 0 Å². The van der Waals surface area contributed by atoms with Gasteiger partial charge in [-0.05, 0) is 50.2 Å². The minimum atomic E-state index is 0.712. The predicted octanol–water partition coefficient (Wildman–Crippen LogP) is 4.16. The Hall–Kier alpha value is -1.28. The lowest BCUT2D eigenvalue weighted by Crippen LogP contribution is -2.32. The quantitative estimate of drug-likeness (QED) is 0.886. The summed E-state index contributed by atoms with van der Waals surface area (Å²) in [6, 6.07) is 9.42. The van der Waals surface area contributed by atoms with Gasteiger partial charge in [0.05, 0.1) is 0 Å². The summed E-state index contributed by atoms with van der Waals surface area (Å²) in [7, 11) is 2.19. The van der Waals surface area contributed by atoms with Crippen LogP contribution >= 0.6 is 0 Å². The van der Waals surface area contributed by atoms with Crippen LogP contribution in [0.15, 0.2) is 24.3 Å². The first-order chi connectivity index (χ1) is 9.66. The molecular formula is C18H26N2. The van der Waals surface area contributed by atoms with Crippen LogP contribution in [-0.4, -0.2) is 10.6 Å². The van der Waals surface area contributed by atoms with Gasteiger partial charge in [0.15, 0.2) is 0 Å². The van der Waals surface area contributed by atoms with Crippen molar-refractivity contribution in [3.05, 3.63) is 35.5 Å². The van der Waals surface area contributed by atoms with E-state index in [2.05, 4.69) is 55.0 Å². The summed E-state index contributed by atoms with van der Waals surface area (Å²) >= 11 is 0. The lowest BCUT2D eigenvalue weighted by molar-refractivity contribution is 0.305. The molecule has 0 spiro atoms. The van der Waals surface area contributed by atoms with E-state index in [1.165, 1.54) is 47.8 Å². The Kier molecular flexibility index (Phi) is 3.84. The van der Waals surface area contributed by atoms with E-state index in [9.17, 15) is 0 Å². The van der Waals surface area contributed by atoms with Gasteiger partial charge in [-0.1, -0.05) is 25.1 Å². The molecule has 1 fully saturated rings. The molecule has 2 heteroatoms. The van der Waals surface area contributed by atoms with Crippen LogP contribution < -0.4 is 5.32 Å². The number of benzene rings is 1. The smallest absolute Gasteiger partial charge is 0.0483 e. The molecule has 0 amide bonds. The number of rotatable bonds is 3. The van der Waals surface area contributed by atoms with Crippen LogP contribution in [0.1, 0.15) is 43.9 Å². The second-order valence-corrected chi connectivity index (χ2v) is 6.49. The lowest BCUT2D eigenvalue weighted by Gasteiger charge is -2.27. The Bertz CT molecular complexity index is 550. The maximum Gasteiger partial charge on any atom is 0.0483 e. The second kappa shape index (κ2) is 5.61. The van der Waals surface area contributed by atoms with E-state index < -0.39 is 0 Å². The second-order valence-electron chi connectivity index (χ2n) is 6.49. The first kappa shape index (κ1) is 13.7. The van der Waals surface area contributed by atoms with Crippen molar-refractivity contribution in [2.45, 2.75) is 52.1 Å². The number of para-hydroxylation sites is 1. The molecule has 1 saturated carbocycles. The molecule has 2 aromatic rings. The molecule has 2 nitrogen and oxygen atoms in total. The number of aryl methyl sites for hydroxylation is 2. The normalized spacial score (nSPS) is 23.4. The first-order valence-corrected chi connectivity index (χ1v) is 7.93. The van der Waals surface area contributed by atoms with Crippen molar-refractivity contribution in [2.24, 2.45) is 13.0 Å². The van der Waals surface area contributed by atoms with Crippen LogP contribution in [0.2, 0.25) is 0 Å². The highest BCUT2D eigenvalue weighted by Gasteiger charge is 2.18. The van der Waals surface area contributed by atoms with E-state index in [0.29, 0.717) is 6.04 Å². The summed E-state index contributed by atoms with van der Waals surface area (Å²) in [4.78, 5) is 0. The molecular weight excluding hydrogens is 244 g/mol. The maximum absolute atomic E-state index is 3.78. The van der Waals surface area contributed by atoms with Crippen molar-refractivity contribution in [1.29, 1.82) is 0 Å². The predicted molar refractivity (Wildman–Crippen MR) is 85.9 cm³/mol. The first-order valence-electron chi connectivity index (χ1n) is 7.93. The van der Waals surface area contributed by atoms with Crippen LogP contribution in [0.3, 0.4) is 0 Å². The van der Waals surface area contributed by atoms with E-state index in [-0.39, 0.29) is 0 Å². The highest BCUT2D eigenvalue weighted by atomic mass is 15.0. The van der Waals surface area contributed by atoms with Crippen molar-refractivity contribution < 1.29 is 0 Å². The van der Waals surface area contributed by atoms with Crippen molar-refractivity contribution in [2.75, 3.05) is 0 Å². The molecule has 108 valence electrons. The van der Waals surface area contributed by atoms with Crippen LogP contribution in [0.4, 0.5) is 0 Å². The number of hydrogen-bond donors (Lipinski definition) is 1. The summed E-state index contributed by atoms with van der Waals surface area (Å²) in [5, 5.41) is 5.17. The van der Waals surface area contributed by atoms with Gasteiger partial charge < -0.3 is 9.88 Å². The summed E-state index contributed by atoms with van der Waals surface area (Å²) in [6.45, 7) is 5.63. The highest BCUT2D eigenvalue weighted by Crippen LogP contribution is 2.26. The monoisotopic (exact) mass is 270 g/mol. The third kappa shape index (κ3) is 2.49. The van der Waals surface area contributed by atoms with Gasteiger partial charge in [-0.25, -0.2) is 0 Å². The molecule has 20 heavy (non-hydrogen) atoms. The minimum absolute atomic E-state index is 0.712. The molecule has 1 aromatic heterocycles. The standard InChI is InChI=1S/C18H26N2/c1-13-8-10-15(11-9-13)19-12-18-14(2)16-6-4-5-7-17(16)20(18)3/h4-7,13,15,19H,8-12H2,1-3H3. The summed E-state index contributed by atoms with van der Waals surface area (Å²) in [5.74, 6) is 0.924. The van der Waals surface area contributed by atoms with Crippen LogP contribution in [0.25, 0.3) is 10.9 Å². The minimum Gasteiger partial charge on any atom is -0.346 e. The topological polar surface area (TPSA) is 17.0 Å². The summed E-state index contributed by atoms with van der Waals surface area (Å²) in [5.41, 5.74) is 4.21. The Morgan fingerprint density at radius 3 is 2.55 bits per heavy atom. The van der Waals surface area contributed by atoms with E-state index >= 15 is 0 Å². The SMILES string of the molecule is Cc1c(CNC2CCC(C)CC2)n(C)c2ccccc12. The fourth-order valence-electron chi connectivity index (χ4n) is 3.59. The molecule has 0 aliphatic heterocycles. The zero-order valence-electron chi connectivity index (χ0n) is 12.9. The van der Waals surface area contributed by atoms with E-state index in [0.717, 1.165) is 12.5 Å². The zero-order chi connectivity index (χ0) is 14.1. The number of aromatic nitrogens is 1. The van der Waals surface area contributed by atoms with E-state index in [1.54, 1.807) is 0 Å². The number of nitrogens with one attached hydrogen (secondary N) is 1. The van der Waals surface area contributed by atoms with Gasteiger partial charge in [0.25, 0.3) is 0 Å². The molecule has 0 radical (unpaired) electrons. The molecule has 0 atom stereocenters.